The molecule has 3 aliphatic carbocycles. The minimum Gasteiger partial charge on any atom is -0.444 e. The van der Waals surface area contributed by atoms with Crippen LogP contribution in [0.25, 0.3) is 0 Å². The summed E-state index contributed by atoms with van der Waals surface area (Å²) in [6.45, 7) is 7.95. The monoisotopic (exact) mass is 404 g/mol. The number of anilines is 1. The summed E-state index contributed by atoms with van der Waals surface area (Å²) in [6, 6.07) is 5.79. The molecular formula is C23H33FN2O3. The molecule has 1 aromatic rings. The molecule has 29 heavy (non-hydrogen) atoms. The summed E-state index contributed by atoms with van der Waals surface area (Å²) >= 11 is 0. The standard InChI is InChI=1S/C23H33FN2O3/c1-5-6-11-22(3,4)29-21(28)26-23-12-16(13-23)19(14-23)15(2)20(27)25-18-9-7-17(24)8-10-18/h7-10,15-16,19H,5-6,11-14H2,1-4H3,(H,25,27)(H,26,28)/t15-,16?,19?,23?/m0/s1. The van der Waals surface area contributed by atoms with Crippen LogP contribution in [0.4, 0.5) is 14.9 Å². The van der Waals surface area contributed by atoms with E-state index in [9.17, 15) is 14.0 Å². The second kappa shape index (κ2) is 8.33. The summed E-state index contributed by atoms with van der Waals surface area (Å²) in [4.78, 5) is 25.1. The Balaban J connectivity index is 1.51. The van der Waals surface area contributed by atoms with Crippen LogP contribution in [-0.2, 0) is 9.53 Å². The van der Waals surface area contributed by atoms with E-state index in [1.807, 2.05) is 20.8 Å². The summed E-state index contributed by atoms with van der Waals surface area (Å²) in [7, 11) is 0. The number of benzene rings is 1. The molecule has 5 nitrogen and oxygen atoms in total. The van der Waals surface area contributed by atoms with E-state index in [4.69, 9.17) is 4.74 Å². The first kappa shape index (κ1) is 21.6. The van der Waals surface area contributed by atoms with Crippen LogP contribution in [0.5, 0.6) is 0 Å². The van der Waals surface area contributed by atoms with Crippen molar-refractivity contribution in [2.75, 3.05) is 5.32 Å². The van der Waals surface area contributed by atoms with Crippen molar-refractivity contribution in [2.24, 2.45) is 17.8 Å². The lowest BCUT2D eigenvalue weighted by atomic mass is 9.75. The summed E-state index contributed by atoms with van der Waals surface area (Å²) in [5.41, 5.74) is -0.114. The highest BCUT2D eigenvalue weighted by molar-refractivity contribution is 5.92. The molecule has 6 heteroatoms. The average Bonchev–Trinajstić information content (AvgIpc) is 3.15. The first-order chi connectivity index (χ1) is 13.6. The molecule has 2 amide bonds. The van der Waals surface area contributed by atoms with E-state index in [1.54, 1.807) is 12.1 Å². The molecule has 0 aliphatic heterocycles. The summed E-state index contributed by atoms with van der Waals surface area (Å²) in [5, 5.41) is 5.97. The zero-order chi connectivity index (χ0) is 21.2. The van der Waals surface area contributed by atoms with Crippen LogP contribution in [0.15, 0.2) is 24.3 Å². The highest BCUT2D eigenvalue weighted by atomic mass is 19.1. The Morgan fingerprint density at radius 3 is 2.52 bits per heavy atom. The van der Waals surface area contributed by atoms with Crippen molar-refractivity contribution >= 4 is 17.7 Å². The van der Waals surface area contributed by atoms with Crippen LogP contribution < -0.4 is 10.6 Å². The number of rotatable bonds is 8. The van der Waals surface area contributed by atoms with Crippen LogP contribution >= 0.6 is 0 Å². The quantitative estimate of drug-likeness (QED) is 0.621. The van der Waals surface area contributed by atoms with E-state index in [0.29, 0.717) is 11.6 Å². The number of ether oxygens (including phenoxy) is 1. The Hall–Kier alpha value is -2.11. The molecule has 0 heterocycles. The van der Waals surface area contributed by atoms with Gasteiger partial charge in [0, 0.05) is 17.1 Å². The number of unbranched alkanes of at least 4 members (excludes halogenated alkanes) is 1. The molecule has 2 bridgehead atoms. The van der Waals surface area contributed by atoms with Crippen molar-refractivity contribution in [1.29, 1.82) is 0 Å². The highest BCUT2D eigenvalue weighted by Gasteiger charge is 2.59. The molecule has 0 radical (unpaired) electrons. The molecule has 3 saturated carbocycles. The fourth-order valence-corrected chi connectivity index (χ4v) is 4.90. The number of hydrogen-bond acceptors (Lipinski definition) is 3. The number of alkyl carbamates (subject to hydrolysis) is 1. The van der Waals surface area contributed by atoms with E-state index in [2.05, 4.69) is 17.6 Å². The molecule has 0 saturated heterocycles. The first-order valence-corrected chi connectivity index (χ1v) is 10.7. The Morgan fingerprint density at radius 1 is 1.24 bits per heavy atom. The summed E-state index contributed by atoms with van der Waals surface area (Å²) in [6.07, 6.45) is 5.17. The van der Waals surface area contributed by atoms with Gasteiger partial charge in [-0.25, -0.2) is 9.18 Å². The molecule has 0 spiro atoms. The molecule has 3 fully saturated rings. The third-order valence-electron chi connectivity index (χ3n) is 6.57. The van der Waals surface area contributed by atoms with E-state index in [-0.39, 0.29) is 35.2 Å². The maximum Gasteiger partial charge on any atom is 0.408 e. The van der Waals surface area contributed by atoms with Gasteiger partial charge in [0.1, 0.15) is 11.4 Å². The van der Waals surface area contributed by atoms with Crippen LogP contribution in [-0.4, -0.2) is 23.1 Å². The van der Waals surface area contributed by atoms with Gasteiger partial charge in [-0.05, 0) is 82.1 Å². The van der Waals surface area contributed by atoms with Gasteiger partial charge in [0.25, 0.3) is 0 Å². The molecule has 1 unspecified atom stereocenters. The minimum atomic E-state index is -0.472. The summed E-state index contributed by atoms with van der Waals surface area (Å²) < 4.78 is 18.7. The Labute approximate surface area is 172 Å². The fourth-order valence-electron chi connectivity index (χ4n) is 4.90. The van der Waals surface area contributed by atoms with Gasteiger partial charge in [0.05, 0.1) is 0 Å². The average molecular weight is 405 g/mol. The van der Waals surface area contributed by atoms with E-state index in [1.165, 1.54) is 12.1 Å². The highest BCUT2D eigenvalue weighted by Crippen LogP contribution is 2.58. The van der Waals surface area contributed by atoms with E-state index < -0.39 is 5.60 Å². The minimum absolute atomic E-state index is 0.0624. The van der Waals surface area contributed by atoms with E-state index >= 15 is 0 Å². The van der Waals surface area contributed by atoms with Gasteiger partial charge in [-0.1, -0.05) is 20.3 Å². The third-order valence-corrected chi connectivity index (χ3v) is 6.57. The van der Waals surface area contributed by atoms with Crippen molar-refractivity contribution in [2.45, 2.75) is 77.4 Å². The SMILES string of the molecule is CCCCC(C)(C)OC(=O)NC12CC(C1)C([C@H](C)C(=O)Nc1ccc(F)cc1)C2. The van der Waals surface area contributed by atoms with E-state index in [0.717, 1.165) is 38.5 Å². The second-order valence-electron chi connectivity index (χ2n) is 9.48. The van der Waals surface area contributed by atoms with Gasteiger partial charge in [-0.15, -0.1) is 0 Å². The zero-order valence-electron chi connectivity index (χ0n) is 17.9. The van der Waals surface area contributed by atoms with Crippen molar-refractivity contribution < 1.29 is 18.7 Å². The molecule has 1 aromatic carbocycles. The van der Waals surface area contributed by atoms with Gasteiger partial charge in [-0.3, -0.25) is 4.79 Å². The molecule has 2 N–H and O–H groups in total. The Kier molecular flexibility index (Phi) is 6.20. The van der Waals surface area contributed by atoms with Crippen molar-refractivity contribution in [3.05, 3.63) is 30.1 Å². The smallest absolute Gasteiger partial charge is 0.408 e. The largest absolute Gasteiger partial charge is 0.444 e. The number of hydrogen-bond donors (Lipinski definition) is 2. The Morgan fingerprint density at radius 2 is 1.90 bits per heavy atom. The predicted octanol–water partition coefficient (Wildman–Crippen LogP) is 5.26. The van der Waals surface area contributed by atoms with Crippen molar-refractivity contribution in [1.82, 2.24) is 5.32 Å². The van der Waals surface area contributed by atoms with Gasteiger partial charge >= 0.3 is 6.09 Å². The number of amides is 2. The molecule has 160 valence electrons. The number of carbonyl (C=O) groups excluding carboxylic acids is 2. The zero-order valence-corrected chi connectivity index (χ0v) is 17.9. The van der Waals surface area contributed by atoms with Gasteiger partial charge in [0.2, 0.25) is 5.91 Å². The Bertz CT molecular complexity index is 741. The lowest BCUT2D eigenvalue weighted by Gasteiger charge is -2.40. The van der Waals surface area contributed by atoms with Gasteiger partial charge < -0.3 is 15.4 Å². The van der Waals surface area contributed by atoms with Crippen LogP contribution in [0, 0.1) is 23.6 Å². The molecular weight excluding hydrogens is 371 g/mol. The molecule has 4 rings (SSSR count). The van der Waals surface area contributed by atoms with Gasteiger partial charge in [0.15, 0.2) is 0 Å². The van der Waals surface area contributed by atoms with Gasteiger partial charge in [-0.2, -0.15) is 0 Å². The normalized spacial score (nSPS) is 26.4. The topological polar surface area (TPSA) is 67.4 Å². The number of nitrogens with one attached hydrogen (secondary N) is 2. The maximum atomic E-state index is 13.0. The first-order valence-electron chi connectivity index (χ1n) is 10.7. The van der Waals surface area contributed by atoms with Crippen molar-refractivity contribution in [3.63, 3.8) is 0 Å². The van der Waals surface area contributed by atoms with Crippen molar-refractivity contribution in [3.8, 4) is 0 Å². The number of halogens is 1. The molecule has 3 aliphatic rings. The molecule has 0 aromatic heterocycles. The molecule has 2 atom stereocenters. The van der Waals surface area contributed by atoms with Crippen LogP contribution in [0.3, 0.4) is 0 Å². The third kappa shape index (κ3) is 5.09. The number of carbonyl (C=O) groups is 2. The summed E-state index contributed by atoms with van der Waals surface area (Å²) in [5.74, 6) is 0.104. The second-order valence-corrected chi connectivity index (χ2v) is 9.48. The maximum absolute atomic E-state index is 13.0. The van der Waals surface area contributed by atoms with Crippen LogP contribution in [0.1, 0.15) is 66.2 Å². The van der Waals surface area contributed by atoms with Crippen LogP contribution in [0.2, 0.25) is 0 Å². The fraction of sp³-hybridized carbons (Fsp3) is 0.652. The predicted molar refractivity (Wildman–Crippen MR) is 111 cm³/mol. The lowest BCUT2D eigenvalue weighted by Crippen LogP contribution is -2.53. The lowest BCUT2D eigenvalue weighted by molar-refractivity contribution is -0.121. The number of fused-ring (bicyclic) bond motifs is 1.